The topological polar surface area (TPSA) is 9.23 Å². The van der Waals surface area contributed by atoms with Crippen LogP contribution in [-0.4, -0.2) is 19.6 Å². The lowest BCUT2D eigenvalue weighted by molar-refractivity contribution is 0.404. The van der Waals surface area contributed by atoms with Crippen LogP contribution in [0.5, 0.6) is 5.75 Å². The molecule has 0 unspecified atom stereocenters. The van der Waals surface area contributed by atoms with E-state index >= 15 is 0 Å². The number of para-hydroxylation sites is 1. The van der Waals surface area contributed by atoms with Crippen LogP contribution >= 0.6 is 10.9 Å². The molecule has 0 N–H and O–H groups in total. The van der Waals surface area contributed by atoms with Gasteiger partial charge in [0.2, 0.25) is 0 Å². The Balaban J connectivity index is 3.02. The van der Waals surface area contributed by atoms with Crippen LogP contribution in [0.3, 0.4) is 0 Å². The quantitative estimate of drug-likeness (QED) is 0.670. The van der Waals surface area contributed by atoms with Crippen LogP contribution in [0.1, 0.15) is 0 Å². The molecule has 1 nitrogen and oxygen atoms in total. The maximum absolute atomic E-state index is 5.22. The molecule has 0 radical (unpaired) electrons. The van der Waals surface area contributed by atoms with Crippen molar-refractivity contribution in [2.45, 2.75) is 4.90 Å². The summed E-state index contributed by atoms with van der Waals surface area (Å²) in [5, 5.41) is 0. The summed E-state index contributed by atoms with van der Waals surface area (Å²) in [6, 6.07) is 8.20. The van der Waals surface area contributed by atoms with Crippen molar-refractivity contribution >= 4 is 10.9 Å². The van der Waals surface area contributed by atoms with Gasteiger partial charge in [-0.3, -0.25) is 0 Å². The van der Waals surface area contributed by atoms with E-state index in [-0.39, 0.29) is 10.9 Å². The summed E-state index contributed by atoms with van der Waals surface area (Å²) < 4.78 is 5.22. The Morgan fingerprint density at radius 2 is 1.82 bits per heavy atom. The molecular weight excluding hydrogens is 156 g/mol. The molecule has 0 bridgehead atoms. The standard InChI is InChI=1S/C9H14OS/c1-10-8-6-4-5-7-9(8)11(2)3/h4-7,11H,1-3H3. The molecular formula is C9H14OS. The van der Waals surface area contributed by atoms with Crippen molar-refractivity contribution in [1.29, 1.82) is 0 Å². The minimum Gasteiger partial charge on any atom is -0.496 e. The van der Waals surface area contributed by atoms with E-state index in [1.807, 2.05) is 12.1 Å². The number of ether oxygens (including phenoxy) is 1. The lowest BCUT2D eigenvalue weighted by Crippen LogP contribution is -1.87. The van der Waals surface area contributed by atoms with Crippen LogP contribution in [0, 0.1) is 0 Å². The third-order valence-corrected chi connectivity index (χ3v) is 2.90. The molecule has 0 saturated heterocycles. The van der Waals surface area contributed by atoms with E-state index in [1.54, 1.807) is 7.11 Å². The minimum absolute atomic E-state index is 0.0472. The Bertz CT molecular complexity index is 233. The van der Waals surface area contributed by atoms with Gasteiger partial charge < -0.3 is 4.74 Å². The highest BCUT2D eigenvalue weighted by molar-refractivity contribution is 8.16. The van der Waals surface area contributed by atoms with Crippen molar-refractivity contribution in [3.05, 3.63) is 24.3 Å². The average molecular weight is 170 g/mol. The fourth-order valence-corrected chi connectivity index (χ4v) is 1.99. The first kappa shape index (κ1) is 8.47. The molecule has 0 fully saturated rings. The van der Waals surface area contributed by atoms with Crippen LogP contribution in [0.15, 0.2) is 29.2 Å². The summed E-state index contributed by atoms with van der Waals surface area (Å²) in [4.78, 5) is 1.34. The van der Waals surface area contributed by atoms with Gasteiger partial charge in [-0.2, -0.15) is 0 Å². The third kappa shape index (κ3) is 1.90. The maximum Gasteiger partial charge on any atom is 0.130 e. The maximum atomic E-state index is 5.22. The molecule has 0 saturated carbocycles. The third-order valence-electron chi connectivity index (χ3n) is 1.57. The summed E-state index contributed by atoms with van der Waals surface area (Å²) in [6.07, 6.45) is 4.46. The molecule has 2 heteroatoms. The zero-order chi connectivity index (χ0) is 8.27. The number of hydrogen-bond acceptors (Lipinski definition) is 1. The lowest BCUT2D eigenvalue weighted by atomic mass is 10.3. The highest BCUT2D eigenvalue weighted by Crippen LogP contribution is 2.35. The van der Waals surface area contributed by atoms with E-state index in [2.05, 4.69) is 24.6 Å². The second kappa shape index (κ2) is 3.67. The Morgan fingerprint density at radius 3 is 2.27 bits per heavy atom. The van der Waals surface area contributed by atoms with Gasteiger partial charge in [-0.15, -0.1) is 0 Å². The Hall–Kier alpha value is -0.630. The fraction of sp³-hybridized carbons (Fsp3) is 0.333. The van der Waals surface area contributed by atoms with Gasteiger partial charge in [-0.05, 0) is 24.6 Å². The van der Waals surface area contributed by atoms with Gasteiger partial charge in [0.15, 0.2) is 0 Å². The number of hydrogen-bond donors (Lipinski definition) is 1. The van der Waals surface area contributed by atoms with Crippen molar-refractivity contribution < 1.29 is 4.74 Å². The van der Waals surface area contributed by atoms with Gasteiger partial charge in [0.1, 0.15) is 5.75 Å². The van der Waals surface area contributed by atoms with Crippen molar-refractivity contribution in [2.75, 3.05) is 19.6 Å². The number of benzene rings is 1. The first-order chi connectivity index (χ1) is 5.25. The molecule has 0 aliphatic rings. The SMILES string of the molecule is COc1ccccc1[SH](C)C. The van der Waals surface area contributed by atoms with Gasteiger partial charge in [0.05, 0.1) is 7.11 Å². The molecule has 0 spiro atoms. The van der Waals surface area contributed by atoms with Gasteiger partial charge in [-0.25, -0.2) is 10.9 Å². The van der Waals surface area contributed by atoms with E-state index in [0.717, 1.165) is 5.75 Å². The Labute approximate surface area is 70.7 Å². The first-order valence-electron chi connectivity index (χ1n) is 3.56. The molecule has 62 valence electrons. The van der Waals surface area contributed by atoms with Crippen LogP contribution in [0.25, 0.3) is 0 Å². The highest BCUT2D eigenvalue weighted by Gasteiger charge is 2.01. The zero-order valence-corrected chi connectivity index (χ0v) is 8.06. The van der Waals surface area contributed by atoms with Crippen LogP contribution in [0.4, 0.5) is 0 Å². The molecule has 11 heavy (non-hydrogen) atoms. The zero-order valence-electron chi connectivity index (χ0n) is 7.16. The molecule has 1 aromatic rings. The van der Waals surface area contributed by atoms with E-state index in [0.29, 0.717) is 0 Å². The molecule has 0 aromatic heterocycles. The molecule has 1 rings (SSSR count). The molecule has 0 atom stereocenters. The summed E-state index contributed by atoms with van der Waals surface area (Å²) in [6.45, 7) is 0. The normalized spacial score (nSPS) is 11.0. The predicted octanol–water partition coefficient (Wildman–Crippen LogP) is 2.31. The number of rotatable bonds is 2. The molecule has 0 aliphatic heterocycles. The number of thiol groups is 1. The Kier molecular flexibility index (Phi) is 2.83. The summed E-state index contributed by atoms with van der Waals surface area (Å²) in [5.74, 6) is 1.02. The van der Waals surface area contributed by atoms with Crippen LogP contribution < -0.4 is 4.74 Å². The molecule has 1 aromatic carbocycles. The predicted molar refractivity (Wildman–Crippen MR) is 52.1 cm³/mol. The van der Waals surface area contributed by atoms with Crippen molar-refractivity contribution in [3.8, 4) is 5.75 Å². The van der Waals surface area contributed by atoms with E-state index in [4.69, 9.17) is 4.74 Å². The number of methoxy groups -OCH3 is 1. The average Bonchev–Trinajstić information content (AvgIpc) is 2.04. The monoisotopic (exact) mass is 170 g/mol. The summed E-state index contributed by atoms with van der Waals surface area (Å²) in [7, 11) is 1.67. The van der Waals surface area contributed by atoms with Crippen molar-refractivity contribution in [2.24, 2.45) is 0 Å². The second-order valence-electron chi connectivity index (χ2n) is 2.57. The molecule has 0 aliphatic carbocycles. The van der Waals surface area contributed by atoms with Gasteiger partial charge in [0.25, 0.3) is 0 Å². The van der Waals surface area contributed by atoms with Crippen molar-refractivity contribution in [3.63, 3.8) is 0 Å². The second-order valence-corrected chi connectivity index (χ2v) is 4.84. The van der Waals surface area contributed by atoms with Crippen molar-refractivity contribution in [1.82, 2.24) is 0 Å². The lowest BCUT2D eigenvalue weighted by Gasteiger charge is -2.13. The minimum atomic E-state index is -0.0472. The first-order valence-corrected chi connectivity index (χ1v) is 5.79. The molecule has 0 heterocycles. The van der Waals surface area contributed by atoms with Crippen LogP contribution in [0.2, 0.25) is 0 Å². The van der Waals surface area contributed by atoms with Gasteiger partial charge in [0, 0.05) is 4.90 Å². The van der Waals surface area contributed by atoms with E-state index in [9.17, 15) is 0 Å². The Morgan fingerprint density at radius 1 is 1.18 bits per heavy atom. The fourth-order valence-electron chi connectivity index (χ4n) is 0.999. The van der Waals surface area contributed by atoms with Gasteiger partial charge >= 0.3 is 0 Å². The van der Waals surface area contributed by atoms with Crippen LogP contribution in [-0.2, 0) is 0 Å². The van der Waals surface area contributed by atoms with E-state index in [1.165, 1.54) is 4.90 Å². The summed E-state index contributed by atoms with van der Waals surface area (Å²) in [5.41, 5.74) is 0. The smallest absolute Gasteiger partial charge is 0.130 e. The largest absolute Gasteiger partial charge is 0.496 e. The van der Waals surface area contributed by atoms with Gasteiger partial charge in [-0.1, -0.05) is 12.1 Å². The van der Waals surface area contributed by atoms with E-state index < -0.39 is 0 Å². The molecule has 0 amide bonds. The summed E-state index contributed by atoms with van der Waals surface area (Å²) >= 11 is 0. The highest BCUT2D eigenvalue weighted by atomic mass is 32.2.